The van der Waals surface area contributed by atoms with Crippen LogP contribution in [0.2, 0.25) is 0 Å². The normalized spacial score (nSPS) is 15.0. The highest BCUT2D eigenvalue weighted by atomic mass is 16.5. The maximum Gasteiger partial charge on any atom is 0.228 e. The fraction of sp³-hybridized carbons (Fsp3) is 0.450. The third kappa shape index (κ3) is 3.59. The molecule has 3 heterocycles. The largest absolute Gasteiger partial charge is 0.497 e. The molecule has 0 radical (unpaired) electrons. The van der Waals surface area contributed by atoms with Gasteiger partial charge in [-0.15, -0.1) is 5.10 Å². The molecule has 29 heavy (non-hydrogen) atoms. The number of hydrogen-bond acceptors (Lipinski definition) is 7. The summed E-state index contributed by atoms with van der Waals surface area (Å²) in [5, 5.41) is 8.62. The van der Waals surface area contributed by atoms with E-state index < -0.39 is 0 Å². The molecule has 2 aromatic heterocycles. The van der Waals surface area contributed by atoms with Gasteiger partial charge in [-0.3, -0.25) is 4.79 Å². The number of hydrogen-bond donors (Lipinski definition) is 0. The molecule has 1 saturated heterocycles. The highest BCUT2D eigenvalue weighted by Crippen LogP contribution is 2.25. The number of piperazine rings is 1. The third-order valence-corrected chi connectivity index (χ3v) is 5.04. The van der Waals surface area contributed by atoms with Gasteiger partial charge in [-0.1, -0.05) is 26.0 Å². The van der Waals surface area contributed by atoms with Gasteiger partial charge in [0.25, 0.3) is 0 Å². The SMILES string of the molecule is COc1ccc(-n2nnc3c(N4CCN(C(=O)C(C)(C)C)CC4)ncnc32)cc1. The second-order valence-corrected chi connectivity index (χ2v) is 8.10. The summed E-state index contributed by atoms with van der Waals surface area (Å²) in [4.78, 5) is 25.4. The highest BCUT2D eigenvalue weighted by molar-refractivity contribution is 5.84. The highest BCUT2D eigenvalue weighted by Gasteiger charge is 2.30. The maximum atomic E-state index is 12.5. The number of anilines is 1. The van der Waals surface area contributed by atoms with Gasteiger partial charge in [0.1, 0.15) is 12.1 Å². The second kappa shape index (κ2) is 7.31. The van der Waals surface area contributed by atoms with Gasteiger partial charge in [0.05, 0.1) is 12.8 Å². The number of methoxy groups -OCH3 is 1. The lowest BCUT2D eigenvalue weighted by Crippen LogP contribution is -2.51. The van der Waals surface area contributed by atoms with Crippen molar-refractivity contribution in [3.63, 3.8) is 0 Å². The molecule has 0 saturated carbocycles. The molecular formula is C20H25N7O2. The number of rotatable bonds is 3. The summed E-state index contributed by atoms with van der Waals surface area (Å²) >= 11 is 0. The fourth-order valence-corrected chi connectivity index (χ4v) is 3.46. The van der Waals surface area contributed by atoms with Gasteiger partial charge in [0.15, 0.2) is 17.0 Å². The van der Waals surface area contributed by atoms with Gasteiger partial charge < -0.3 is 14.5 Å². The lowest BCUT2D eigenvalue weighted by Gasteiger charge is -2.38. The van der Waals surface area contributed by atoms with E-state index in [-0.39, 0.29) is 11.3 Å². The van der Waals surface area contributed by atoms with Crippen molar-refractivity contribution in [3.05, 3.63) is 30.6 Å². The number of aromatic nitrogens is 5. The molecule has 152 valence electrons. The Balaban J connectivity index is 1.58. The van der Waals surface area contributed by atoms with Gasteiger partial charge in [0.2, 0.25) is 5.91 Å². The minimum atomic E-state index is -0.370. The van der Waals surface area contributed by atoms with Crippen molar-refractivity contribution in [2.45, 2.75) is 20.8 Å². The molecule has 0 N–H and O–H groups in total. The van der Waals surface area contributed by atoms with Crippen LogP contribution in [0.5, 0.6) is 5.75 Å². The monoisotopic (exact) mass is 395 g/mol. The average molecular weight is 395 g/mol. The Morgan fingerprint density at radius 1 is 1.03 bits per heavy atom. The Kier molecular flexibility index (Phi) is 4.81. The molecule has 0 spiro atoms. The van der Waals surface area contributed by atoms with Crippen LogP contribution in [-0.4, -0.2) is 69.1 Å². The van der Waals surface area contributed by atoms with Crippen LogP contribution >= 0.6 is 0 Å². The van der Waals surface area contributed by atoms with Crippen LogP contribution in [0.4, 0.5) is 5.82 Å². The molecule has 0 atom stereocenters. The van der Waals surface area contributed by atoms with Crippen LogP contribution < -0.4 is 9.64 Å². The van der Waals surface area contributed by atoms with E-state index >= 15 is 0 Å². The fourth-order valence-electron chi connectivity index (χ4n) is 3.46. The van der Waals surface area contributed by atoms with Crippen molar-refractivity contribution in [2.75, 3.05) is 38.2 Å². The molecule has 0 bridgehead atoms. The minimum Gasteiger partial charge on any atom is -0.497 e. The molecular weight excluding hydrogens is 370 g/mol. The van der Waals surface area contributed by atoms with E-state index in [1.807, 2.05) is 49.9 Å². The summed E-state index contributed by atoms with van der Waals surface area (Å²) in [6.07, 6.45) is 1.54. The Morgan fingerprint density at radius 3 is 2.34 bits per heavy atom. The first-order chi connectivity index (χ1) is 13.9. The van der Waals surface area contributed by atoms with E-state index in [1.54, 1.807) is 11.8 Å². The first-order valence-corrected chi connectivity index (χ1v) is 9.63. The number of nitrogens with zero attached hydrogens (tertiary/aromatic N) is 7. The van der Waals surface area contributed by atoms with Crippen molar-refractivity contribution >= 4 is 22.9 Å². The van der Waals surface area contributed by atoms with E-state index in [0.29, 0.717) is 37.3 Å². The quantitative estimate of drug-likeness (QED) is 0.669. The van der Waals surface area contributed by atoms with Crippen LogP contribution in [0.3, 0.4) is 0 Å². The molecule has 0 aliphatic carbocycles. The Hall–Kier alpha value is -3.23. The molecule has 1 aliphatic heterocycles. The number of carbonyl (C=O) groups excluding carboxylic acids is 1. The smallest absolute Gasteiger partial charge is 0.228 e. The average Bonchev–Trinajstić information content (AvgIpc) is 3.17. The standard InChI is InChI=1S/C20H25N7O2/c1-20(2,3)19(28)26-11-9-25(10-12-26)17-16-18(22-13-21-17)27(24-23-16)14-5-7-15(29-4)8-6-14/h5-8,13H,9-12H2,1-4H3. The predicted molar refractivity (Wildman–Crippen MR) is 109 cm³/mol. The number of fused-ring (bicyclic) bond motifs is 1. The molecule has 4 rings (SSSR count). The Labute approximate surface area is 169 Å². The Bertz CT molecular complexity index is 1020. The molecule has 1 amide bonds. The van der Waals surface area contributed by atoms with Crippen LogP contribution in [0.25, 0.3) is 16.9 Å². The molecule has 3 aromatic rings. The third-order valence-electron chi connectivity index (χ3n) is 5.04. The van der Waals surface area contributed by atoms with Crippen molar-refractivity contribution in [2.24, 2.45) is 5.41 Å². The predicted octanol–water partition coefficient (Wildman–Crippen LogP) is 1.91. The summed E-state index contributed by atoms with van der Waals surface area (Å²) in [5.41, 5.74) is 1.77. The van der Waals surface area contributed by atoms with Crippen LogP contribution in [0.1, 0.15) is 20.8 Å². The summed E-state index contributed by atoms with van der Waals surface area (Å²) < 4.78 is 6.91. The van der Waals surface area contributed by atoms with Crippen LogP contribution in [-0.2, 0) is 4.79 Å². The van der Waals surface area contributed by atoms with E-state index in [0.717, 1.165) is 17.3 Å². The molecule has 1 aliphatic rings. The number of carbonyl (C=O) groups is 1. The number of ether oxygens (including phenoxy) is 1. The first-order valence-electron chi connectivity index (χ1n) is 9.63. The van der Waals surface area contributed by atoms with E-state index in [4.69, 9.17) is 4.74 Å². The summed E-state index contributed by atoms with van der Waals surface area (Å²) in [5.74, 6) is 1.70. The Morgan fingerprint density at radius 2 is 1.72 bits per heavy atom. The van der Waals surface area contributed by atoms with Gasteiger partial charge in [0, 0.05) is 31.6 Å². The summed E-state index contributed by atoms with van der Waals surface area (Å²) in [7, 11) is 1.63. The number of benzene rings is 1. The van der Waals surface area contributed by atoms with Crippen LogP contribution in [0.15, 0.2) is 30.6 Å². The zero-order valence-electron chi connectivity index (χ0n) is 17.2. The molecule has 0 unspecified atom stereocenters. The van der Waals surface area contributed by atoms with Gasteiger partial charge in [-0.2, -0.15) is 4.68 Å². The van der Waals surface area contributed by atoms with E-state index in [9.17, 15) is 4.79 Å². The van der Waals surface area contributed by atoms with E-state index in [2.05, 4.69) is 25.2 Å². The van der Waals surface area contributed by atoms with Crippen molar-refractivity contribution < 1.29 is 9.53 Å². The minimum absolute atomic E-state index is 0.176. The van der Waals surface area contributed by atoms with Gasteiger partial charge >= 0.3 is 0 Å². The molecule has 1 aromatic carbocycles. The zero-order chi connectivity index (χ0) is 20.6. The topological polar surface area (TPSA) is 89.3 Å². The van der Waals surface area contributed by atoms with Gasteiger partial charge in [-0.25, -0.2) is 9.97 Å². The zero-order valence-corrected chi connectivity index (χ0v) is 17.2. The maximum absolute atomic E-state index is 12.5. The van der Waals surface area contributed by atoms with Crippen molar-refractivity contribution in [3.8, 4) is 11.4 Å². The lowest BCUT2D eigenvalue weighted by molar-refractivity contribution is -0.139. The second-order valence-electron chi connectivity index (χ2n) is 8.10. The lowest BCUT2D eigenvalue weighted by atomic mass is 9.94. The molecule has 1 fully saturated rings. The first kappa shape index (κ1) is 19.1. The van der Waals surface area contributed by atoms with Crippen molar-refractivity contribution in [1.29, 1.82) is 0 Å². The molecule has 9 heteroatoms. The number of amides is 1. The van der Waals surface area contributed by atoms with Crippen LogP contribution in [0, 0.1) is 5.41 Å². The summed E-state index contributed by atoms with van der Waals surface area (Å²) in [6, 6.07) is 7.56. The van der Waals surface area contributed by atoms with E-state index in [1.165, 1.54) is 6.33 Å². The summed E-state index contributed by atoms with van der Waals surface area (Å²) in [6.45, 7) is 8.57. The van der Waals surface area contributed by atoms with Gasteiger partial charge in [-0.05, 0) is 24.3 Å². The molecule has 9 nitrogen and oxygen atoms in total. The van der Waals surface area contributed by atoms with Crippen molar-refractivity contribution in [1.82, 2.24) is 29.9 Å².